The zero-order valence-electron chi connectivity index (χ0n) is 10.6. The first kappa shape index (κ1) is 17.3. The van der Waals surface area contributed by atoms with Crippen LogP contribution >= 0.6 is 0 Å². The zero-order valence-corrected chi connectivity index (χ0v) is 10.6. The van der Waals surface area contributed by atoms with Crippen LogP contribution in [-0.2, 0) is 4.79 Å². The number of alkyl halides is 3. The van der Waals surface area contributed by atoms with E-state index in [1.165, 1.54) is 6.08 Å². The summed E-state index contributed by atoms with van der Waals surface area (Å²) in [4.78, 5) is 23.8. The number of nitrogens with zero attached hydrogens (tertiary/aromatic N) is 2. The summed E-state index contributed by atoms with van der Waals surface area (Å²) in [6.07, 6.45) is -2.72. The zero-order chi connectivity index (χ0) is 15.1. The number of urea groups is 1. The van der Waals surface area contributed by atoms with Gasteiger partial charge in [0.2, 0.25) is 0 Å². The van der Waals surface area contributed by atoms with E-state index in [0.29, 0.717) is 6.42 Å². The number of aliphatic carboxylic acids is 1. The molecular weight excluding hydrogens is 265 g/mol. The quantitative estimate of drug-likeness (QED) is 0.726. The molecular formula is C11H17F3N2O3. The molecule has 5 nitrogen and oxygen atoms in total. The van der Waals surface area contributed by atoms with E-state index < -0.39 is 31.3 Å². The van der Waals surface area contributed by atoms with E-state index in [0.717, 1.165) is 4.90 Å². The number of hydrogen-bond donors (Lipinski definition) is 1. The maximum Gasteiger partial charge on any atom is 0.406 e. The van der Waals surface area contributed by atoms with Crippen molar-refractivity contribution >= 4 is 12.0 Å². The molecule has 0 spiro atoms. The Kier molecular flexibility index (Phi) is 6.95. The van der Waals surface area contributed by atoms with Crippen molar-refractivity contribution in [2.75, 3.05) is 26.2 Å². The van der Waals surface area contributed by atoms with Gasteiger partial charge in [0, 0.05) is 13.1 Å². The van der Waals surface area contributed by atoms with Crippen molar-refractivity contribution in [3.63, 3.8) is 0 Å². The highest BCUT2D eigenvalue weighted by Gasteiger charge is 2.35. The summed E-state index contributed by atoms with van der Waals surface area (Å²) < 4.78 is 37.0. The minimum atomic E-state index is -4.64. The Morgan fingerprint density at radius 3 is 2.26 bits per heavy atom. The van der Waals surface area contributed by atoms with Gasteiger partial charge in [-0.2, -0.15) is 13.2 Å². The van der Waals surface area contributed by atoms with Gasteiger partial charge >= 0.3 is 18.2 Å². The second-order valence-corrected chi connectivity index (χ2v) is 3.88. The highest BCUT2D eigenvalue weighted by atomic mass is 19.4. The van der Waals surface area contributed by atoms with Crippen LogP contribution in [0, 0.1) is 0 Å². The first-order chi connectivity index (χ1) is 8.71. The third-order valence-electron chi connectivity index (χ3n) is 2.08. The molecule has 2 amide bonds. The van der Waals surface area contributed by atoms with Crippen LogP contribution in [0.1, 0.15) is 13.3 Å². The van der Waals surface area contributed by atoms with Crippen LogP contribution in [0.15, 0.2) is 12.7 Å². The normalized spacial score (nSPS) is 10.9. The predicted molar refractivity (Wildman–Crippen MR) is 62.7 cm³/mol. The Labute approximate surface area is 109 Å². The number of halogens is 3. The van der Waals surface area contributed by atoms with Crippen LogP contribution in [0.25, 0.3) is 0 Å². The summed E-state index contributed by atoms with van der Waals surface area (Å²) in [6, 6.07) is -0.957. The molecule has 0 aliphatic rings. The van der Waals surface area contributed by atoms with Gasteiger partial charge in [0.1, 0.15) is 13.1 Å². The topological polar surface area (TPSA) is 60.9 Å². The molecule has 0 aliphatic carbocycles. The highest BCUT2D eigenvalue weighted by molar-refractivity contribution is 5.80. The van der Waals surface area contributed by atoms with E-state index in [9.17, 15) is 22.8 Å². The fraction of sp³-hybridized carbons (Fsp3) is 0.636. The van der Waals surface area contributed by atoms with Crippen molar-refractivity contribution in [3.8, 4) is 0 Å². The fourth-order valence-electron chi connectivity index (χ4n) is 1.46. The average Bonchev–Trinajstić information content (AvgIpc) is 2.24. The van der Waals surface area contributed by atoms with Gasteiger partial charge in [-0.15, -0.1) is 6.58 Å². The molecule has 0 aromatic rings. The average molecular weight is 282 g/mol. The first-order valence-corrected chi connectivity index (χ1v) is 5.64. The van der Waals surface area contributed by atoms with Crippen molar-refractivity contribution < 1.29 is 27.9 Å². The molecule has 1 N–H and O–H groups in total. The van der Waals surface area contributed by atoms with E-state index in [1.54, 1.807) is 6.92 Å². The predicted octanol–water partition coefficient (Wildman–Crippen LogP) is 1.95. The smallest absolute Gasteiger partial charge is 0.406 e. The second kappa shape index (κ2) is 7.65. The summed E-state index contributed by atoms with van der Waals surface area (Å²) in [5.41, 5.74) is 0. The molecule has 110 valence electrons. The molecule has 19 heavy (non-hydrogen) atoms. The molecule has 0 radical (unpaired) electrons. The Bertz CT molecular complexity index is 332. The Morgan fingerprint density at radius 2 is 1.89 bits per heavy atom. The Morgan fingerprint density at radius 1 is 1.32 bits per heavy atom. The highest BCUT2D eigenvalue weighted by Crippen LogP contribution is 2.17. The molecule has 0 heterocycles. The molecule has 0 unspecified atom stereocenters. The number of rotatable bonds is 7. The SMILES string of the molecule is C=CCN(CCC)C(=O)N(CC(=O)O)CC(F)(F)F. The van der Waals surface area contributed by atoms with Crippen molar-refractivity contribution in [3.05, 3.63) is 12.7 Å². The monoisotopic (exact) mass is 282 g/mol. The first-order valence-electron chi connectivity index (χ1n) is 5.64. The van der Waals surface area contributed by atoms with Gasteiger partial charge in [0.05, 0.1) is 0 Å². The van der Waals surface area contributed by atoms with E-state index in [4.69, 9.17) is 5.11 Å². The van der Waals surface area contributed by atoms with E-state index in [2.05, 4.69) is 6.58 Å². The van der Waals surface area contributed by atoms with Crippen LogP contribution in [-0.4, -0.2) is 59.3 Å². The third-order valence-corrected chi connectivity index (χ3v) is 2.08. The minimum Gasteiger partial charge on any atom is -0.480 e. The molecule has 0 atom stereocenters. The van der Waals surface area contributed by atoms with Crippen molar-refractivity contribution in [2.24, 2.45) is 0 Å². The molecule has 0 rings (SSSR count). The Balaban J connectivity index is 4.93. The van der Waals surface area contributed by atoms with Gasteiger partial charge in [-0.25, -0.2) is 4.79 Å². The summed E-state index contributed by atoms with van der Waals surface area (Å²) in [5.74, 6) is -1.49. The van der Waals surface area contributed by atoms with Crippen LogP contribution in [0.5, 0.6) is 0 Å². The van der Waals surface area contributed by atoms with Crippen LogP contribution < -0.4 is 0 Å². The number of carbonyl (C=O) groups is 2. The second-order valence-electron chi connectivity index (χ2n) is 3.88. The summed E-state index contributed by atoms with van der Waals surface area (Å²) in [7, 11) is 0. The summed E-state index contributed by atoms with van der Waals surface area (Å²) in [6.45, 7) is 2.89. The lowest BCUT2D eigenvalue weighted by Gasteiger charge is -2.29. The van der Waals surface area contributed by atoms with Gasteiger partial charge in [0.15, 0.2) is 0 Å². The fourth-order valence-corrected chi connectivity index (χ4v) is 1.46. The molecule has 0 fully saturated rings. The largest absolute Gasteiger partial charge is 0.480 e. The molecule has 0 aliphatic heterocycles. The van der Waals surface area contributed by atoms with Gasteiger partial charge in [-0.05, 0) is 6.42 Å². The number of carboxylic acid groups (broad SMARTS) is 1. The number of amides is 2. The lowest BCUT2D eigenvalue weighted by molar-refractivity contribution is -0.149. The minimum absolute atomic E-state index is 0.0701. The van der Waals surface area contributed by atoms with Crippen LogP contribution in [0.3, 0.4) is 0 Å². The van der Waals surface area contributed by atoms with Gasteiger partial charge in [-0.3, -0.25) is 4.79 Å². The van der Waals surface area contributed by atoms with Gasteiger partial charge < -0.3 is 14.9 Å². The molecule has 0 aromatic heterocycles. The molecule has 0 aromatic carbocycles. The standard InChI is InChI=1S/C11H17F3N2O3/c1-3-5-15(6-4-2)10(19)16(7-9(17)18)8-11(12,13)14/h3H,1,4-8H2,2H3,(H,17,18). The summed E-state index contributed by atoms with van der Waals surface area (Å²) >= 11 is 0. The van der Waals surface area contributed by atoms with Crippen molar-refractivity contribution in [1.82, 2.24) is 9.80 Å². The van der Waals surface area contributed by atoms with E-state index in [1.807, 2.05) is 0 Å². The lowest BCUT2D eigenvalue weighted by atomic mass is 10.4. The van der Waals surface area contributed by atoms with Crippen molar-refractivity contribution in [1.29, 1.82) is 0 Å². The molecule has 0 saturated carbocycles. The van der Waals surface area contributed by atoms with Crippen LogP contribution in [0.2, 0.25) is 0 Å². The molecule has 0 bridgehead atoms. The summed E-state index contributed by atoms with van der Waals surface area (Å²) in [5, 5.41) is 8.57. The van der Waals surface area contributed by atoms with Crippen molar-refractivity contribution in [2.45, 2.75) is 19.5 Å². The maximum atomic E-state index is 12.3. The number of carboxylic acids is 1. The Hall–Kier alpha value is -1.73. The van der Waals surface area contributed by atoms with Crippen LogP contribution in [0.4, 0.5) is 18.0 Å². The van der Waals surface area contributed by atoms with Gasteiger partial charge in [-0.1, -0.05) is 13.0 Å². The van der Waals surface area contributed by atoms with E-state index >= 15 is 0 Å². The maximum absolute atomic E-state index is 12.3. The third kappa shape index (κ3) is 7.32. The van der Waals surface area contributed by atoms with Gasteiger partial charge in [0.25, 0.3) is 0 Å². The number of hydrogen-bond acceptors (Lipinski definition) is 2. The lowest BCUT2D eigenvalue weighted by Crippen LogP contribution is -2.49. The molecule has 0 saturated heterocycles. The number of carbonyl (C=O) groups excluding carboxylic acids is 1. The molecule has 8 heteroatoms. The van der Waals surface area contributed by atoms with E-state index in [-0.39, 0.29) is 18.0 Å².